The van der Waals surface area contributed by atoms with Crippen LogP contribution in [0.4, 0.5) is 5.00 Å². The van der Waals surface area contributed by atoms with E-state index >= 15 is 0 Å². The van der Waals surface area contributed by atoms with E-state index in [-0.39, 0.29) is 11.9 Å². The number of methoxy groups -OCH3 is 1. The minimum Gasteiger partial charge on any atom is -0.465 e. The van der Waals surface area contributed by atoms with E-state index in [0.29, 0.717) is 17.0 Å². The summed E-state index contributed by atoms with van der Waals surface area (Å²) < 4.78 is 4.99. The van der Waals surface area contributed by atoms with E-state index in [1.54, 1.807) is 0 Å². The van der Waals surface area contributed by atoms with Crippen LogP contribution in [0.25, 0.3) is 0 Å². The minimum atomic E-state index is -0.355. The number of ether oxygens (including phenoxy) is 1. The lowest BCUT2D eigenvalue weighted by Gasteiger charge is -2.09. The molecule has 1 aliphatic rings. The van der Waals surface area contributed by atoms with Gasteiger partial charge in [0.1, 0.15) is 5.00 Å². The van der Waals surface area contributed by atoms with E-state index in [0.717, 1.165) is 42.4 Å². The zero-order valence-corrected chi connectivity index (χ0v) is 16.4. The van der Waals surface area contributed by atoms with Crippen molar-refractivity contribution >= 4 is 28.2 Å². The summed E-state index contributed by atoms with van der Waals surface area (Å²) >= 11 is 1.53. The molecule has 0 radical (unpaired) electrons. The van der Waals surface area contributed by atoms with Crippen molar-refractivity contribution < 1.29 is 14.3 Å². The van der Waals surface area contributed by atoms with Crippen molar-refractivity contribution in [2.24, 2.45) is 0 Å². The lowest BCUT2D eigenvalue weighted by molar-refractivity contribution is -0.115. The maximum atomic E-state index is 12.6. The fourth-order valence-electron chi connectivity index (χ4n) is 3.54. The second-order valence-electron chi connectivity index (χ2n) is 6.92. The third kappa shape index (κ3) is 3.98. The van der Waals surface area contributed by atoms with Crippen molar-refractivity contribution in [1.29, 1.82) is 0 Å². The molecule has 1 aromatic heterocycles. The summed E-state index contributed by atoms with van der Waals surface area (Å²) in [6.07, 6.45) is 5.53. The first-order valence-corrected chi connectivity index (χ1v) is 9.90. The van der Waals surface area contributed by atoms with Gasteiger partial charge in [-0.2, -0.15) is 0 Å². The predicted molar refractivity (Wildman–Crippen MR) is 105 cm³/mol. The third-order valence-corrected chi connectivity index (χ3v) is 6.12. The Labute approximate surface area is 158 Å². The van der Waals surface area contributed by atoms with Crippen LogP contribution in [0.15, 0.2) is 18.2 Å². The van der Waals surface area contributed by atoms with Gasteiger partial charge in [0.25, 0.3) is 0 Å². The zero-order valence-electron chi connectivity index (χ0n) is 15.6. The minimum absolute atomic E-state index is 0.0986. The van der Waals surface area contributed by atoms with Gasteiger partial charge in [-0.3, -0.25) is 4.79 Å². The molecule has 1 N–H and O–H groups in total. The fraction of sp³-hybridized carbons (Fsp3) is 0.429. The van der Waals surface area contributed by atoms with E-state index in [1.807, 2.05) is 26.0 Å². The normalized spacial score (nSPS) is 13.7. The van der Waals surface area contributed by atoms with Crippen LogP contribution >= 0.6 is 11.3 Å². The summed E-state index contributed by atoms with van der Waals surface area (Å²) in [6, 6.07) is 6.09. The Kier molecular flexibility index (Phi) is 5.77. The number of nitrogens with one attached hydrogen (secondary N) is 1. The Morgan fingerprint density at radius 2 is 1.92 bits per heavy atom. The molecular weight excluding hydrogens is 346 g/mol. The highest BCUT2D eigenvalue weighted by Crippen LogP contribution is 2.38. The molecule has 1 aliphatic carbocycles. The van der Waals surface area contributed by atoms with Gasteiger partial charge in [-0.1, -0.05) is 30.2 Å². The van der Waals surface area contributed by atoms with Crippen molar-refractivity contribution in [1.82, 2.24) is 0 Å². The summed E-state index contributed by atoms with van der Waals surface area (Å²) in [7, 11) is 1.39. The lowest BCUT2D eigenvalue weighted by atomic mass is 10.0. The molecule has 0 atom stereocenters. The van der Waals surface area contributed by atoms with Gasteiger partial charge < -0.3 is 10.1 Å². The zero-order chi connectivity index (χ0) is 18.7. The van der Waals surface area contributed by atoms with Crippen LogP contribution in [-0.2, 0) is 28.8 Å². The summed E-state index contributed by atoms with van der Waals surface area (Å²) in [5, 5.41) is 3.61. The molecule has 138 valence electrons. The summed E-state index contributed by atoms with van der Waals surface area (Å²) in [5.41, 5.74) is 4.92. The molecule has 0 unspecified atom stereocenters. The molecule has 3 rings (SSSR count). The number of carbonyl (C=O) groups is 2. The number of aryl methyl sites for hydroxylation is 3. The van der Waals surface area contributed by atoms with Crippen LogP contribution in [0.2, 0.25) is 0 Å². The average molecular weight is 372 g/mol. The first-order chi connectivity index (χ1) is 12.5. The largest absolute Gasteiger partial charge is 0.465 e. The number of benzene rings is 1. The molecule has 0 bridgehead atoms. The molecule has 0 saturated heterocycles. The Morgan fingerprint density at radius 1 is 1.15 bits per heavy atom. The highest BCUT2D eigenvalue weighted by atomic mass is 32.1. The SMILES string of the molecule is COC(=O)c1c(NC(=O)Cc2ccc(C)cc2C)sc2c1CCCCC2. The van der Waals surface area contributed by atoms with Gasteiger partial charge in [-0.25, -0.2) is 4.79 Å². The molecule has 0 saturated carbocycles. The first-order valence-electron chi connectivity index (χ1n) is 9.08. The highest BCUT2D eigenvalue weighted by molar-refractivity contribution is 7.17. The van der Waals surface area contributed by atoms with Crippen LogP contribution in [-0.4, -0.2) is 19.0 Å². The van der Waals surface area contributed by atoms with Gasteiger partial charge in [0.15, 0.2) is 0 Å². The molecule has 0 fully saturated rings. The molecule has 4 nitrogen and oxygen atoms in total. The number of anilines is 1. The molecule has 1 heterocycles. The van der Waals surface area contributed by atoms with E-state index in [4.69, 9.17) is 4.74 Å². The van der Waals surface area contributed by atoms with Crippen molar-refractivity contribution in [3.63, 3.8) is 0 Å². The molecule has 2 aromatic rings. The second kappa shape index (κ2) is 8.04. The van der Waals surface area contributed by atoms with Crippen molar-refractivity contribution in [3.8, 4) is 0 Å². The fourth-order valence-corrected chi connectivity index (χ4v) is 4.83. The van der Waals surface area contributed by atoms with E-state index < -0.39 is 0 Å². The Hall–Kier alpha value is -2.14. The molecule has 0 spiro atoms. The number of carbonyl (C=O) groups excluding carboxylic acids is 2. The van der Waals surface area contributed by atoms with Crippen LogP contribution in [0.1, 0.15) is 56.8 Å². The predicted octanol–water partition coefficient (Wildman–Crippen LogP) is 4.60. The van der Waals surface area contributed by atoms with Crippen LogP contribution in [0, 0.1) is 13.8 Å². The molecule has 1 aromatic carbocycles. The second-order valence-corrected chi connectivity index (χ2v) is 8.02. The lowest BCUT2D eigenvalue weighted by Crippen LogP contribution is -2.17. The third-order valence-electron chi connectivity index (χ3n) is 4.91. The van der Waals surface area contributed by atoms with Gasteiger partial charge in [0.2, 0.25) is 5.91 Å². The molecule has 0 aliphatic heterocycles. The number of thiophene rings is 1. The quantitative estimate of drug-likeness (QED) is 0.631. The van der Waals surface area contributed by atoms with Crippen molar-refractivity contribution in [3.05, 3.63) is 50.9 Å². The van der Waals surface area contributed by atoms with E-state index in [9.17, 15) is 9.59 Å². The summed E-state index contributed by atoms with van der Waals surface area (Å²) in [5.74, 6) is -0.454. The van der Waals surface area contributed by atoms with Gasteiger partial charge in [0.05, 0.1) is 19.1 Å². The summed E-state index contributed by atoms with van der Waals surface area (Å²) in [6.45, 7) is 4.06. The topological polar surface area (TPSA) is 55.4 Å². The standard InChI is InChI=1S/C21H25NO3S/c1-13-9-10-15(14(2)11-13)12-18(23)22-20-19(21(24)25-3)16-7-5-4-6-8-17(16)26-20/h9-11H,4-8,12H2,1-3H3,(H,22,23). The monoisotopic (exact) mass is 371 g/mol. The van der Waals surface area contributed by atoms with Crippen LogP contribution in [0.3, 0.4) is 0 Å². The maximum Gasteiger partial charge on any atom is 0.341 e. The highest BCUT2D eigenvalue weighted by Gasteiger charge is 2.26. The van der Waals surface area contributed by atoms with Gasteiger partial charge in [-0.15, -0.1) is 11.3 Å². The number of esters is 1. The van der Waals surface area contributed by atoms with Crippen molar-refractivity contribution in [2.75, 3.05) is 12.4 Å². The Morgan fingerprint density at radius 3 is 2.65 bits per heavy atom. The number of amides is 1. The summed E-state index contributed by atoms with van der Waals surface area (Å²) in [4.78, 5) is 26.2. The molecule has 26 heavy (non-hydrogen) atoms. The van der Waals surface area contributed by atoms with Crippen LogP contribution in [0.5, 0.6) is 0 Å². The number of hydrogen-bond acceptors (Lipinski definition) is 4. The number of hydrogen-bond donors (Lipinski definition) is 1. The smallest absolute Gasteiger partial charge is 0.341 e. The van der Waals surface area contributed by atoms with Gasteiger partial charge in [-0.05, 0) is 56.2 Å². The Balaban J connectivity index is 1.84. The number of rotatable bonds is 4. The Bertz CT molecular complexity index is 838. The number of fused-ring (bicyclic) bond motifs is 1. The van der Waals surface area contributed by atoms with Gasteiger partial charge in [0, 0.05) is 4.88 Å². The van der Waals surface area contributed by atoms with Gasteiger partial charge >= 0.3 is 5.97 Å². The molecule has 5 heteroatoms. The van der Waals surface area contributed by atoms with E-state index in [1.165, 1.54) is 35.3 Å². The van der Waals surface area contributed by atoms with E-state index in [2.05, 4.69) is 11.4 Å². The average Bonchev–Trinajstić information content (AvgIpc) is 2.77. The maximum absolute atomic E-state index is 12.6. The molecule has 1 amide bonds. The van der Waals surface area contributed by atoms with Crippen molar-refractivity contribution in [2.45, 2.75) is 52.4 Å². The first kappa shape index (κ1) is 18.6. The van der Waals surface area contributed by atoms with Crippen LogP contribution < -0.4 is 5.32 Å². The molecular formula is C21H25NO3S.